The van der Waals surface area contributed by atoms with Gasteiger partial charge >= 0.3 is 0 Å². The number of aromatic nitrogens is 1. The smallest absolute Gasteiger partial charge is 0.258 e. The van der Waals surface area contributed by atoms with Crippen molar-refractivity contribution < 1.29 is 4.92 Å². The Bertz CT molecular complexity index is 906. The topological polar surface area (TPSA) is 56.0 Å². The monoisotopic (exact) mass is 350 g/mol. The van der Waals surface area contributed by atoms with Gasteiger partial charge in [0.05, 0.1) is 25.2 Å². The van der Waals surface area contributed by atoms with E-state index in [1.54, 1.807) is 12.1 Å². The van der Waals surface area contributed by atoms with Gasteiger partial charge in [0.15, 0.2) is 0 Å². The Balaban J connectivity index is 1.95. The molecule has 0 saturated heterocycles. The van der Waals surface area contributed by atoms with Crippen molar-refractivity contribution in [2.75, 3.05) is 0 Å². The van der Waals surface area contributed by atoms with Gasteiger partial charge in [0.2, 0.25) is 0 Å². The molecule has 1 heterocycles. The van der Waals surface area contributed by atoms with Crippen LogP contribution in [0.4, 0.5) is 5.69 Å². The third-order valence-corrected chi connectivity index (χ3v) is 4.80. The van der Waals surface area contributed by atoms with E-state index in [0.717, 1.165) is 20.8 Å². The van der Waals surface area contributed by atoms with Crippen molar-refractivity contribution in [3.05, 3.63) is 67.1 Å². The molecule has 0 unspecified atom stereocenters. The van der Waals surface area contributed by atoms with Crippen molar-refractivity contribution in [1.82, 2.24) is 4.98 Å². The number of nitrogens with zero attached hydrogens (tertiary/aromatic N) is 2. The van der Waals surface area contributed by atoms with Crippen LogP contribution in [0.1, 0.15) is 10.6 Å². The summed E-state index contributed by atoms with van der Waals surface area (Å²) in [4.78, 5) is 14.8. The number of thiazole rings is 1. The van der Waals surface area contributed by atoms with E-state index < -0.39 is 4.92 Å². The molecule has 4 nitrogen and oxygen atoms in total. The Kier molecular flexibility index (Phi) is 4.11. The fourth-order valence-corrected chi connectivity index (χ4v) is 3.20. The summed E-state index contributed by atoms with van der Waals surface area (Å²) in [6, 6.07) is 10.0. The van der Waals surface area contributed by atoms with Gasteiger partial charge in [-0.25, -0.2) is 4.98 Å². The number of nitro benzene ring substituents is 1. The summed E-state index contributed by atoms with van der Waals surface area (Å²) < 4.78 is 0.769. The van der Waals surface area contributed by atoms with Crippen LogP contribution in [-0.4, -0.2) is 9.91 Å². The molecule has 0 aliphatic carbocycles. The number of fused-ring (bicyclic) bond motifs is 1. The minimum absolute atomic E-state index is 0.0598. The molecule has 0 radical (unpaired) electrons. The number of hydrogen-bond acceptors (Lipinski definition) is 4. The summed E-state index contributed by atoms with van der Waals surface area (Å²) in [6.07, 6.45) is 3.63. The summed E-state index contributed by atoms with van der Waals surface area (Å²) in [5.74, 6) is 0. The number of halogens is 2. The fraction of sp³-hybridized carbons (Fsp3) is 0. The lowest BCUT2D eigenvalue weighted by Crippen LogP contribution is -1.85. The molecule has 0 aliphatic rings. The van der Waals surface area contributed by atoms with Crippen LogP contribution in [0, 0.1) is 10.1 Å². The minimum Gasteiger partial charge on any atom is -0.258 e. The van der Waals surface area contributed by atoms with Crippen molar-refractivity contribution in [1.29, 1.82) is 0 Å². The van der Waals surface area contributed by atoms with Gasteiger partial charge in [-0.2, -0.15) is 0 Å². The molecule has 110 valence electrons. The summed E-state index contributed by atoms with van der Waals surface area (Å²) in [7, 11) is 0. The van der Waals surface area contributed by atoms with Crippen molar-refractivity contribution >= 4 is 62.6 Å². The lowest BCUT2D eigenvalue weighted by atomic mass is 10.2. The minimum atomic E-state index is -0.416. The summed E-state index contributed by atoms with van der Waals surface area (Å²) >= 11 is 13.5. The van der Waals surface area contributed by atoms with Crippen LogP contribution in [0.3, 0.4) is 0 Å². The Hall–Kier alpha value is -1.95. The highest BCUT2D eigenvalue weighted by atomic mass is 35.5. The van der Waals surface area contributed by atoms with Crippen LogP contribution >= 0.6 is 34.5 Å². The Labute approximate surface area is 139 Å². The quantitative estimate of drug-likeness (QED) is 0.450. The largest absolute Gasteiger partial charge is 0.270 e. The first kappa shape index (κ1) is 15.0. The highest BCUT2D eigenvalue weighted by Crippen LogP contribution is 2.29. The summed E-state index contributed by atoms with van der Waals surface area (Å²) in [5.41, 5.74) is 1.58. The van der Waals surface area contributed by atoms with Crippen LogP contribution in [0.5, 0.6) is 0 Å². The van der Waals surface area contributed by atoms with Crippen LogP contribution in [0.15, 0.2) is 36.4 Å². The van der Waals surface area contributed by atoms with E-state index >= 15 is 0 Å². The van der Waals surface area contributed by atoms with Crippen molar-refractivity contribution in [2.45, 2.75) is 0 Å². The van der Waals surface area contributed by atoms with Gasteiger partial charge in [0.1, 0.15) is 5.01 Å². The lowest BCUT2D eigenvalue weighted by Gasteiger charge is -1.98. The Morgan fingerprint density at radius 3 is 2.77 bits per heavy atom. The first-order valence-corrected chi connectivity index (χ1v) is 7.79. The van der Waals surface area contributed by atoms with Gasteiger partial charge in [-0.05, 0) is 23.8 Å². The molecule has 0 aliphatic heterocycles. The maximum absolute atomic E-state index is 10.8. The highest BCUT2D eigenvalue weighted by Gasteiger charge is 2.09. The Morgan fingerprint density at radius 2 is 2.00 bits per heavy atom. The van der Waals surface area contributed by atoms with Crippen LogP contribution in [-0.2, 0) is 0 Å². The van der Waals surface area contributed by atoms with E-state index in [0.29, 0.717) is 10.0 Å². The van der Waals surface area contributed by atoms with E-state index in [2.05, 4.69) is 4.98 Å². The Morgan fingerprint density at radius 1 is 1.18 bits per heavy atom. The summed E-state index contributed by atoms with van der Waals surface area (Å²) in [6.45, 7) is 0. The third kappa shape index (κ3) is 2.97. The van der Waals surface area contributed by atoms with Crippen LogP contribution in [0.25, 0.3) is 22.4 Å². The zero-order valence-corrected chi connectivity index (χ0v) is 13.3. The molecule has 3 aromatic rings. The number of hydrogen-bond donors (Lipinski definition) is 0. The first-order valence-electron chi connectivity index (χ1n) is 6.21. The van der Waals surface area contributed by atoms with Crippen LogP contribution in [0.2, 0.25) is 10.0 Å². The summed E-state index contributed by atoms with van der Waals surface area (Å²) in [5, 5.41) is 12.5. The number of rotatable bonds is 3. The van der Waals surface area contributed by atoms with Gasteiger partial charge in [0.25, 0.3) is 5.69 Å². The second-order valence-corrected chi connectivity index (χ2v) is 6.29. The first-order chi connectivity index (χ1) is 10.5. The second-order valence-electron chi connectivity index (χ2n) is 4.44. The van der Waals surface area contributed by atoms with E-state index in [4.69, 9.17) is 23.2 Å². The van der Waals surface area contributed by atoms with E-state index in [1.165, 1.54) is 23.5 Å². The molecule has 0 fully saturated rings. The van der Waals surface area contributed by atoms with E-state index in [9.17, 15) is 10.1 Å². The van der Waals surface area contributed by atoms with Gasteiger partial charge in [-0.15, -0.1) is 11.3 Å². The molecule has 3 rings (SSSR count). The fourth-order valence-electron chi connectivity index (χ4n) is 1.93. The molecule has 1 aromatic heterocycles. The number of nitro groups is 1. The average Bonchev–Trinajstić information content (AvgIpc) is 2.90. The second kappa shape index (κ2) is 6.04. The zero-order valence-electron chi connectivity index (χ0n) is 11.0. The molecule has 0 saturated carbocycles. The third-order valence-electron chi connectivity index (χ3n) is 2.99. The molecule has 0 N–H and O–H groups in total. The predicted octanol–water partition coefficient (Wildman–Crippen LogP) is 5.68. The maximum atomic E-state index is 10.8. The molecule has 0 spiro atoms. The normalized spacial score (nSPS) is 11.4. The zero-order chi connectivity index (χ0) is 15.7. The predicted molar refractivity (Wildman–Crippen MR) is 91.7 cm³/mol. The van der Waals surface area contributed by atoms with Gasteiger partial charge in [-0.3, -0.25) is 10.1 Å². The highest BCUT2D eigenvalue weighted by molar-refractivity contribution is 7.19. The van der Waals surface area contributed by atoms with Gasteiger partial charge in [0, 0.05) is 12.1 Å². The molecule has 2 aromatic carbocycles. The van der Waals surface area contributed by atoms with E-state index in [1.807, 2.05) is 24.3 Å². The van der Waals surface area contributed by atoms with Crippen molar-refractivity contribution in [2.24, 2.45) is 0 Å². The number of benzene rings is 2. The van der Waals surface area contributed by atoms with Gasteiger partial charge < -0.3 is 0 Å². The molecule has 22 heavy (non-hydrogen) atoms. The molecular weight excluding hydrogens is 343 g/mol. The van der Waals surface area contributed by atoms with Gasteiger partial charge in [-0.1, -0.05) is 41.4 Å². The van der Waals surface area contributed by atoms with Crippen molar-refractivity contribution in [3.63, 3.8) is 0 Å². The lowest BCUT2D eigenvalue weighted by molar-refractivity contribution is -0.384. The molecule has 0 bridgehead atoms. The SMILES string of the molecule is O=[N+]([O-])c1ccc2nc(C=Cc3cccc(Cl)c3Cl)sc2c1. The average molecular weight is 351 g/mol. The maximum Gasteiger partial charge on any atom is 0.270 e. The number of non-ortho nitro benzene ring substituents is 1. The standard InChI is InChI=1S/C15H8Cl2N2O2S/c16-11-3-1-2-9(15(11)17)4-7-14-18-12-6-5-10(19(20)21)8-13(12)22-14/h1-8H. The van der Waals surface area contributed by atoms with Crippen molar-refractivity contribution in [3.8, 4) is 0 Å². The van der Waals surface area contributed by atoms with Crippen LogP contribution < -0.4 is 0 Å². The molecule has 7 heteroatoms. The molecule has 0 amide bonds. The molecular formula is C15H8Cl2N2O2S. The van der Waals surface area contributed by atoms with E-state index in [-0.39, 0.29) is 5.69 Å². The molecule has 0 atom stereocenters.